The average molecular weight is 746 g/mol. The largest absolute Gasteiger partial charge is 0.308 e. The summed E-state index contributed by atoms with van der Waals surface area (Å²) < 4.78 is 2.56. The van der Waals surface area contributed by atoms with Crippen molar-refractivity contribution in [1.82, 2.24) is 4.57 Å². The molecule has 14 rings (SSSR count). The van der Waals surface area contributed by atoms with Crippen LogP contribution in [0.5, 0.6) is 0 Å². The molecule has 0 unspecified atom stereocenters. The predicted molar refractivity (Wildman–Crippen MR) is 244 cm³/mol. The van der Waals surface area contributed by atoms with Crippen LogP contribution in [-0.2, 0) is 10.8 Å². The second-order valence-electron chi connectivity index (χ2n) is 16.7. The van der Waals surface area contributed by atoms with Crippen molar-refractivity contribution in [2.24, 2.45) is 0 Å². The van der Waals surface area contributed by atoms with Gasteiger partial charge in [-0.05, 0) is 95.7 Å². The van der Waals surface area contributed by atoms with Gasteiger partial charge in [0.15, 0.2) is 0 Å². The normalized spacial score (nSPS) is 14.7. The molecule has 0 fully saturated rings. The maximum atomic E-state index is 2.59. The maximum Gasteiger partial charge on any atom is 0.0720 e. The third-order valence-electron chi connectivity index (χ3n) is 14.2. The SMILES string of the molecule is c1ccc2c(c1)-c1ccccc1C21c2ccccc2C2(c3ccccc3-c3cc4c(cc32)c2ccc3ccccc3c2n4-c2cccc3ccccc23)c2ccccc21. The first kappa shape index (κ1) is 31.6. The molecule has 11 aromatic rings. The van der Waals surface area contributed by atoms with Gasteiger partial charge in [-0.2, -0.15) is 0 Å². The molecule has 3 aliphatic carbocycles. The minimum absolute atomic E-state index is 0.462. The molecule has 59 heavy (non-hydrogen) atoms. The van der Waals surface area contributed by atoms with E-state index in [0.29, 0.717) is 0 Å². The average Bonchev–Trinajstić information content (AvgIpc) is 3.90. The molecule has 3 aliphatic rings. The van der Waals surface area contributed by atoms with Crippen molar-refractivity contribution in [2.45, 2.75) is 10.8 Å². The summed E-state index contributed by atoms with van der Waals surface area (Å²) in [5.74, 6) is 0. The van der Waals surface area contributed by atoms with Crippen LogP contribution in [0.4, 0.5) is 0 Å². The van der Waals surface area contributed by atoms with Crippen molar-refractivity contribution >= 4 is 43.4 Å². The number of nitrogens with zero attached hydrogens (tertiary/aromatic N) is 1. The van der Waals surface area contributed by atoms with Gasteiger partial charge in [0.1, 0.15) is 0 Å². The molecule has 0 amide bonds. The van der Waals surface area contributed by atoms with E-state index in [9.17, 15) is 0 Å². The highest BCUT2D eigenvalue weighted by Gasteiger charge is 2.59. The van der Waals surface area contributed by atoms with Crippen molar-refractivity contribution < 1.29 is 0 Å². The summed E-state index contributed by atoms with van der Waals surface area (Å²) in [6.07, 6.45) is 0. The zero-order valence-electron chi connectivity index (χ0n) is 32.2. The highest BCUT2D eigenvalue weighted by atomic mass is 15.0. The van der Waals surface area contributed by atoms with Crippen LogP contribution in [0.15, 0.2) is 212 Å². The van der Waals surface area contributed by atoms with Crippen LogP contribution in [0.2, 0.25) is 0 Å². The van der Waals surface area contributed by atoms with Crippen molar-refractivity contribution in [2.75, 3.05) is 0 Å². The van der Waals surface area contributed by atoms with Crippen LogP contribution in [0.25, 0.3) is 71.3 Å². The van der Waals surface area contributed by atoms with E-state index >= 15 is 0 Å². The van der Waals surface area contributed by atoms with E-state index in [-0.39, 0.29) is 0 Å². The zero-order chi connectivity index (χ0) is 38.5. The number of fused-ring (bicyclic) bond motifs is 22. The van der Waals surface area contributed by atoms with Crippen molar-refractivity contribution in [3.63, 3.8) is 0 Å². The van der Waals surface area contributed by atoms with Gasteiger partial charge in [0.05, 0.1) is 27.6 Å². The van der Waals surface area contributed by atoms with Crippen LogP contribution >= 0.6 is 0 Å². The second kappa shape index (κ2) is 11.1. The topological polar surface area (TPSA) is 4.93 Å². The fourth-order valence-electron chi connectivity index (χ4n) is 12.2. The molecule has 1 heteroatoms. The number of rotatable bonds is 1. The Balaban J connectivity index is 1.17. The van der Waals surface area contributed by atoms with Gasteiger partial charge in [-0.3, -0.25) is 0 Å². The van der Waals surface area contributed by atoms with Crippen LogP contribution in [0.1, 0.15) is 44.5 Å². The fourth-order valence-corrected chi connectivity index (χ4v) is 12.2. The van der Waals surface area contributed by atoms with Crippen LogP contribution < -0.4 is 0 Å². The standard InChI is InChI=1S/C58H35N/c1-3-19-38-36(16-1)18-15-31-54(38)59-55-35-44-42-23-7-10-26-48(42)58(53(44)34-45(55)43-33-32-37-17-2-4-20-39(37)56(43)59)51-29-13-11-27-49(51)57(50-28-12-14-30-52(50)58)46-24-8-5-21-40(46)41-22-6-9-25-47(41)57/h1-35H. The Kier molecular flexibility index (Phi) is 5.96. The van der Waals surface area contributed by atoms with Crippen LogP contribution in [-0.4, -0.2) is 4.57 Å². The first-order chi connectivity index (χ1) is 29.3. The summed E-state index contributed by atoms with van der Waals surface area (Å²) in [6.45, 7) is 0. The first-order valence-corrected chi connectivity index (χ1v) is 20.8. The Morgan fingerprint density at radius 2 is 0.712 bits per heavy atom. The molecule has 0 saturated carbocycles. The lowest BCUT2D eigenvalue weighted by molar-refractivity contribution is 0.633. The number of hydrogen-bond acceptors (Lipinski definition) is 0. The van der Waals surface area contributed by atoms with Gasteiger partial charge in [0.2, 0.25) is 0 Å². The molecule has 272 valence electrons. The molecule has 0 aliphatic heterocycles. The molecule has 0 N–H and O–H groups in total. The number of benzene rings is 10. The third-order valence-corrected chi connectivity index (χ3v) is 14.2. The highest BCUT2D eigenvalue weighted by Crippen LogP contribution is 2.67. The molecular formula is C58H35N. The van der Waals surface area contributed by atoms with E-state index in [1.165, 1.54) is 116 Å². The van der Waals surface area contributed by atoms with Gasteiger partial charge < -0.3 is 4.57 Å². The predicted octanol–water partition coefficient (Wildman–Crippen LogP) is 14.1. The van der Waals surface area contributed by atoms with Crippen molar-refractivity contribution in [3.8, 4) is 27.9 Å². The quantitative estimate of drug-likeness (QED) is 0.158. The zero-order valence-corrected chi connectivity index (χ0v) is 32.2. The maximum absolute atomic E-state index is 2.59. The number of hydrogen-bond donors (Lipinski definition) is 0. The monoisotopic (exact) mass is 745 g/mol. The lowest BCUT2D eigenvalue weighted by Gasteiger charge is -2.48. The Morgan fingerprint density at radius 1 is 0.271 bits per heavy atom. The molecule has 10 aromatic carbocycles. The van der Waals surface area contributed by atoms with E-state index < -0.39 is 10.8 Å². The molecule has 0 bridgehead atoms. The minimum Gasteiger partial charge on any atom is -0.308 e. The Morgan fingerprint density at radius 3 is 1.31 bits per heavy atom. The van der Waals surface area contributed by atoms with E-state index in [1.54, 1.807) is 0 Å². The molecular weight excluding hydrogens is 711 g/mol. The van der Waals surface area contributed by atoms with E-state index in [2.05, 4.69) is 217 Å². The van der Waals surface area contributed by atoms with Gasteiger partial charge in [-0.25, -0.2) is 0 Å². The lowest BCUT2D eigenvalue weighted by atomic mass is 9.52. The van der Waals surface area contributed by atoms with Gasteiger partial charge in [-0.1, -0.05) is 194 Å². The Bertz CT molecular complexity index is 3540. The van der Waals surface area contributed by atoms with E-state index in [1.807, 2.05) is 0 Å². The summed E-state index contributed by atoms with van der Waals surface area (Å²) in [7, 11) is 0. The Hall–Kier alpha value is -7.48. The molecule has 0 atom stereocenters. The first-order valence-electron chi connectivity index (χ1n) is 20.8. The van der Waals surface area contributed by atoms with Gasteiger partial charge in [-0.15, -0.1) is 0 Å². The van der Waals surface area contributed by atoms with Gasteiger partial charge in [0, 0.05) is 21.5 Å². The summed E-state index contributed by atoms with van der Waals surface area (Å²) >= 11 is 0. The van der Waals surface area contributed by atoms with Gasteiger partial charge >= 0.3 is 0 Å². The molecule has 1 heterocycles. The molecule has 1 aromatic heterocycles. The second-order valence-corrected chi connectivity index (χ2v) is 16.7. The summed E-state index contributed by atoms with van der Waals surface area (Å²) in [6, 6.07) is 80.6. The minimum atomic E-state index is -0.546. The Labute approximate surface area is 342 Å². The molecule has 0 radical (unpaired) electrons. The summed E-state index contributed by atoms with van der Waals surface area (Å²) in [5.41, 5.74) is 18.8. The smallest absolute Gasteiger partial charge is 0.0720 e. The van der Waals surface area contributed by atoms with Crippen LogP contribution in [0.3, 0.4) is 0 Å². The van der Waals surface area contributed by atoms with Crippen LogP contribution in [0, 0.1) is 0 Å². The lowest BCUT2D eigenvalue weighted by Crippen LogP contribution is -2.43. The van der Waals surface area contributed by atoms with Crippen molar-refractivity contribution in [1.29, 1.82) is 0 Å². The van der Waals surface area contributed by atoms with E-state index in [0.717, 1.165) is 0 Å². The molecule has 1 nitrogen and oxygen atoms in total. The summed E-state index contributed by atoms with van der Waals surface area (Å²) in [5, 5.41) is 7.54. The fraction of sp³-hybridized carbons (Fsp3) is 0.0345. The molecule has 0 saturated heterocycles. The molecule has 2 spiro atoms. The summed E-state index contributed by atoms with van der Waals surface area (Å²) in [4.78, 5) is 0. The van der Waals surface area contributed by atoms with Crippen molar-refractivity contribution in [3.05, 3.63) is 257 Å². The number of aromatic nitrogens is 1. The van der Waals surface area contributed by atoms with E-state index in [4.69, 9.17) is 0 Å². The third kappa shape index (κ3) is 3.65. The van der Waals surface area contributed by atoms with Gasteiger partial charge in [0.25, 0.3) is 0 Å². The highest BCUT2D eigenvalue weighted by molar-refractivity contribution is 6.20.